The predicted molar refractivity (Wildman–Crippen MR) is 118 cm³/mol. The van der Waals surface area contributed by atoms with Gasteiger partial charge in [-0.1, -0.05) is 60.1 Å². The summed E-state index contributed by atoms with van der Waals surface area (Å²) in [5.41, 5.74) is 3.32. The molecule has 4 heteroatoms. The van der Waals surface area contributed by atoms with E-state index in [1.807, 2.05) is 24.3 Å². The van der Waals surface area contributed by atoms with E-state index in [0.717, 1.165) is 29.4 Å². The third-order valence-electron chi connectivity index (χ3n) is 6.26. The minimum absolute atomic E-state index is 0.273. The summed E-state index contributed by atoms with van der Waals surface area (Å²) in [5.74, 6) is 2.75. The normalized spacial score (nSPS) is 24.6. The third kappa shape index (κ3) is 3.10. The number of hydrogen-bond acceptors (Lipinski definition) is 2. The fourth-order valence-corrected chi connectivity index (χ4v) is 5.33. The molecule has 0 amide bonds. The molecule has 1 aliphatic heterocycles. The zero-order chi connectivity index (χ0) is 19.8. The molecule has 0 N–H and O–H groups in total. The van der Waals surface area contributed by atoms with Gasteiger partial charge in [0, 0.05) is 28.5 Å². The Labute approximate surface area is 181 Å². The molecule has 3 aromatic rings. The van der Waals surface area contributed by atoms with Crippen LogP contribution in [0.5, 0.6) is 11.5 Å². The van der Waals surface area contributed by atoms with Crippen molar-refractivity contribution in [2.24, 2.45) is 0 Å². The molecule has 0 spiro atoms. The number of halogens is 2. The Morgan fingerprint density at radius 3 is 2.45 bits per heavy atom. The van der Waals surface area contributed by atoms with Gasteiger partial charge in [-0.25, -0.2) is 0 Å². The summed E-state index contributed by atoms with van der Waals surface area (Å²) in [5, 5.41) is 0.739. The van der Waals surface area contributed by atoms with Crippen LogP contribution in [-0.2, 0) is 5.60 Å². The summed E-state index contributed by atoms with van der Waals surface area (Å²) in [6, 6.07) is 25.1. The zero-order valence-electron chi connectivity index (χ0n) is 16.0. The maximum absolute atomic E-state index is 6.88. The molecule has 148 valence electrons. The van der Waals surface area contributed by atoms with Gasteiger partial charge in [0.1, 0.15) is 23.7 Å². The van der Waals surface area contributed by atoms with Crippen LogP contribution in [0.15, 0.2) is 72.8 Å². The summed E-state index contributed by atoms with van der Waals surface area (Å²) < 4.78 is 12.6. The lowest BCUT2D eigenvalue weighted by molar-refractivity contribution is 0.0640. The van der Waals surface area contributed by atoms with E-state index >= 15 is 0 Å². The zero-order valence-corrected chi connectivity index (χ0v) is 17.5. The number of fused-ring (bicyclic) bond motifs is 3. The van der Waals surface area contributed by atoms with Crippen LogP contribution in [0.3, 0.4) is 0 Å². The summed E-state index contributed by atoms with van der Waals surface area (Å²) in [4.78, 5) is 0. The van der Waals surface area contributed by atoms with E-state index in [1.165, 1.54) is 16.7 Å². The summed E-state index contributed by atoms with van der Waals surface area (Å²) in [6.45, 7) is 0.485. The van der Waals surface area contributed by atoms with Crippen molar-refractivity contribution in [3.63, 3.8) is 0 Å². The summed E-state index contributed by atoms with van der Waals surface area (Å²) in [6.07, 6.45) is 2.16. The van der Waals surface area contributed by atoms with Crippen molar-refractivity contribution in [1.82, 2.24) is 0 Å². The number of hydrogen-bond donors (Lipinski definition) is 0. The van der Waals surface area contributed by atoms with Crippen LogP contribution in [-0.4, -0.2) is 12.5 Å². The first-order valence-electron chi connectivity index (χ1n) is 10.0. The lowest BCUT2D eigenvalue weighted by Crippen LogP contribution is -2.36. The molecule has 0 saturated heterocycles. The van der Waals surface area contributed by atoms with Gasteiger partial charge in [0.2, 0.25) is 0 Å². The molecule has 0 radical (unpaired) electrons. The van der Waals surface area contributed by atoms with E-state index < -0.39 is 5.60 Å². The fraction of sp³-hybridized carbons (Fsp3) is 0.280. The minimum atomic E-state index is -0.431. The number of ether oxygens (including phenoxy) is 2. The molecule has 29 heavy (non-hydrogen) atoms. The van der Waals surface area contributed by atoms with Crippen molar-refractivity contribution in [3.05, 3.63) is 94.5 Å². The van der Waals surface area contributed by atoms with Gasteiger partial charge in [-0.3, -0.25) is 0 Å². The first kappa shape index (κ1) is 18.8. The highest BCUT2D eigenvalue weighted by atomic mass is 35.5. The Hall–Kier alpha value is -2.16. The first-order chi connectivity index (χ1) is 14.2. The lowest BCUT2D eigenvalue weighted by atomic mass is 9.74. The molecule has 1 heterocycles. The smallest absolute Gasteiger partial charge is 0.148 e. The first-order valence-corrected chi connectivity index (χ1v) is 11.0. The van der Waals surface area contributed by atoms with Gasteiger partial charge in [-0.2, -0.15) is 0 Å². The number of alkyl halides is 1. The van der Waals surface area contributed by atoms with Crippen molar-refractivity contribution < 1.29 is 9.47 Å². The average molecular weight is 425 g/mol. The van der Waals surface area contributed by atoms with Crippen molar-refractivity contribution >= 4 is 23.2 Å². The molecule has 2 aliphatic rings. The van der Waals surface area contributed by atoms with Crippen LogP contribution in [0, 0.1) is 0 Å². The van der Waals surface area contributed by atoms with Crippen LogP contribution >= 0.6 is 23.2 Å². The Morgan fingerprint density at radius 1 is 0.931 bits per heavy atom. The second-order valence-electron chi connectivity index (χ2n) is 7.73. The van der Waals surface area contributed by atoms with E-state index in [1.54, 1.807) is 0 Å². The van der Waals surface area contributed by atoms with Crippen LogP contribution in [0.1, 0.15) is 41.4 Å². The maximum atomic E-state index is 6.88. The molecule has 2 nitrogen and oxygen atoms in total. The molecule has 1 aliphatic carbocycles. The predicted octanol–water partition coefficient (Wildman–Crippen LogP) is 6.91. The molecule has 1 fully saturated rings. The number of benzene rings is 3. The highest BCUT2D eigenvalue weighted by Gasteiger charge is 2.58. The Morgan fingerprint density at radius 2 is 1.69 bits per heavy atom. The van der Waals surface area contributed by atoms with E-state index in [9.17, 15) is 0 Å². The second kappa shape index (κ2) is 7.59. The van der Waals surface area contributed by atoms with Gasteiger partial charge in [0.15, 0.2) is 0 Å². The van der Waals surface area contributed by atoms with Crippen molar-refractivity contribution in [3.8, 4) is 11.5 Å². The van der Waals surface area contributed by atoms with Crippen molar-refractivity contribution in [2.75, 3.05) is 12.5 Å². The van der Waals surface area contributed by atoms with Crippen molar-refractivity contribution in [1.29, 1.82) is 0 Å². The van der Waals surface area contributed by atoms with Gasteiger partial charge in [-0.15, -0.1) is 11.6 Å². The molecule has 0 aromatic heterocycles. The Kier molecular flexibility index (Phi) is 4.93. The van der Waals surface area contributed by atoms with E-state index in [0.29, 0.717) is 18.4 Å². The standard InChI is InChI=1S/C25H22Cl2O2/c26-14-15-28-20-10-11-21-23-13-12-22(17-4-2-1-3-5-17)25(23,29-24(21)16-20)18-6-8-19(27)9-7-18/h1-11,16,22-23H,12-15H2. The molecular formula is C25H22Cl2O2. The monoisotopic (exact) mass is 424 g/mol. The molecule has 3 atom stereocenters. The SMILES string of the molecule is ClCCOc1ccc2c(c1)OC1(c3ccc(Cl)cc3)C(c3ccccc3)CCC21. The van der Waals surface area contributed by atoms with E-state index in [4.69, 9.17) is 32.7 Å². The Bertz CT molecular complexity index is 1000. The van der Waals surface area contributed by atoms with Crippen LogP contribution in [0.4, 0.5) is 0 Å². The molecule has 3 aromatic carbocycles. The van der Waals surface area contributed by atoms with Crippen LogP contribution in [0.2, 0.25) is 5.02 Å². The van der Waals surface area contributed by atoms with Crippen LogP contribution < -0.4 is 9.47 Å². The molecule has 1 saturated carbocycles. The molecule has 3 unspecified atom stereocenters. The summed E-state index contributed by atoms with van der Waals surface area (Å²) in [7, 11) is 0. The van der Waals surface area contributed by atoms with E-state index in [-0.39, 0.29) is 5.92 Å². The van der Waals surface area contributed by atoms with E-state index in [2.05, 4.69) is 48.5 Å². The minimum Gasteiger partial charge on any atom is -0.492 e. The lowest BCUT2D eigenvalue weighted by Gasteiger charge is -2.36. The largest absolute Gasteiger partial charge is 0.492 e. The second-order valence-corrected chi connectivity index (χ2v) is 8.55. The van der Waals surface area contributed by atoms with Gasteiger partial charge >= 0.3 is 0 Å². The van der Waals surface area contributed by atoms with Crippen molar-refractivity contribution in [2.45, 2.75) is 30.3 Å². The highest BCUT2D eigenvalue weighted by Crippen LogP contribution is 2.64. The van der Waals surface area contributed by atoms with Gasteiger partial charge in [0.05, 0.1) is 5.88 Å². The van der Waals surface area contributed by atoms with Gasteiger partial charge in [-0.05, 0) is 42.2 Å². The quantitative estimate of drug-likeness (QED) is 0.414. The number of rotatable bonds is 5. The maximum Gasteiger partial charge on any atom is 0.148 e. The highest BCUT2D eigenvalue weighted by molar-refractivity contribution is 6.30. The van der Waals surface area contributed by atoms with Gasteiger partial charge < -0.3 is 9.47 Å². The topological polar surface area (TPSA) is 18.5 Å². The fourth-order valence-electron chi connectivity index (χ4n) is 5.12. The molecule has 5 rings (SSSR count). The average Bonchev–Trinajstić information content (AvgIpc) is 3.28. The summed E-state index contributed by atoms with van der Waals surface area (Å²) >= 11 is 12.0. The molecule has 0 bridgehead atoms. The Balaban J connectivity index is 1.62. The van der Waals surface area contributed by atoms with Crippen LogP contribution in [0.25, 0.3) is 0 Å². The molecular weight excluding hydrogens is 403 g/mol. The third-order valence-corrected chi connectivity index (χ3v) is 6.67. The van der Waals surface area contributed by atoms with Gasteiger partial charge in [0.25, 0.3) is 0 Å².